The fourth-order valence-corrected chi connectivity index (χ4v) is 6.21. The Morgan fingerprint density at radius 2 is 2.04 bits per heavy atom. The molecule has 2 amide bonds. The van der Waals surface area contributed by atoms with E-state index in [1.165, 1.54) is 11.8 Å². The molecule has 1 saturated carbocycles. The number of nitrogens with one attached hydrogen (secondary N) is 2. The molecule has 1 aromatic carbocycles. The van der Waals surface area contributed by atoms with E-state index in [-0.39, 0.29) is 17.7 Å². The molecule has 2 N–H and O–H groups in total. The van der Waals surface area contributed by atoms with Crippen molar-refractivity contribution in [2.45, 2.75) is 34.8 Å². The number of aromatic nitrogens is 1. The predicted octanol–water partition coefficient (Wildman–Crippen LogP) is 2.81. The third-order valence-corrected chi connectivity index (χ3v) is 7.21. The number of hydrogen-bond acceptors (Lipinski definition) is 5. The van der Waals surface area contributed by atoms with Gasteiger partial charge in [0.15, 0.2) is 4.34 Å². The molecule has 1 aliphatic carbocycles. The van der Waals surface area contributed by atoms with Crippen molar-refractivity contribution in [3.05, 3.63) is 24.3 Å². The number of thioether (sulfide) groups is 1. The lowest BCUT2D eigenvalue weighted by atomic mass is 9.77. The molecule has 7 heteroatoms. The smallest absolute Gasteiger partial charge is 0.237 e. The quantitative estimate of drug-likeness (QED) is 0.876. The molecular weight excluding hydrogens is 342 g/mol. The maximum atomic E-state index is 12.8. The maximum absolute atomic E-state index is 12.8. The van der Waals surface area contributed by atoms with Gasteiger partial charge in [-0.05, 0) is 25.0 Å². The SMILES string of the molecule is CNC(=O)C1CCCCC1(Sc1nc2ccccc2s1)C(=O)NC. The Balaban J connectivity index is 2.01. The molecule has 2 atom stereocenters. The molecule has 24 heavy (non-hydrogen) atoms. The average Bonchev–Trinajstić information content (AvgIpc) is 3.02. The average molecular weight is 364 g/mol. The highest BCUT2D eigenvalue weighted by Crippen LogP contribution is 2.49. The standard InChI is InChI=1S/C17H21N3O2S2/c1-18-14(21)11-7-5-6-10-17(11,15(22)19-2)24-16-20-12-8-3-4-9-13(12)23-16/h3-4,8-9,11H,5-7,10H2,1-2H3,(H,18,21)(H,19,22). The third kappa shape index (κ3) is 3.02. The summed E-state index contributed by atoms with van der Waals surface area (Å²) >= 11 is 3.04. The van der Waals surface area contributed by atoms with Crippen LogP contribution in [0, 0.1) is 5.92 Å². The Bertz CT molecular complexity index is 728. The fraction of sp³-hybridized carbons (Fsp3) is 0.471. The summed E-state index contributed by atoms with van der Waals surface area (Å²) in [6.07, 6.45) is 3.33. The topological polar surface area (TPSA) is 71.1 Å². The van der Waals surface area contributed by atoms with Crippen molar-refractivity contribution in [2.75, 3.05) is 14.1 Å². The number of amides is 2. The van der Waals surface area contributed by atoms with Gasteiger partial charge in [0.1, 0.15) is 4.75 Å². The van der Waals surface area contributed by atoms with Gasteiger partial charge in [-0.2, -0.15) is 0 Å². The summed E-state index contributed by atoms with van der Waals surface area (Å²) in [6.45, 7) is 0. The molecular formula is C17H21N3O2S2. The number of rotatable bonds is 4. The van der Waals surface area contributed by atoms with Crippen LogP contribution in [0.25, 0.3) is 10.2 Å². The Kier molecular flexibility index (Phi) is 5.10. The lowest BCUT2D eigenvalue weighted by molar-refractivity contribution is -0.133. The first-order valence-electron chi connectivity index (χ1n) is 8.09. The minimum Gasteiger partial charge on any atom is -0.359 e. The van der Waals surface area contributed by atoms with Crippen molar-refractivity contribution in [1.82, 2.24) is 15.6 Å². The van der Waals surface area contributed by atoms with Crippen molar-refractivity contribution in [1.29, 1.82) is 0 Å². The van der Waals surface area contributed by atoms with Gasteiger partial charge in [-0.15, -0.1) is 11.3 Å². The zero-order chi connectivity index (χ0) is 17.2. The Labute approximate surface area is 149 Å². The molecule has 0 saturated heterocycles. The summed E-state index contributed by atoms with van der Waals surface area (Å²) in [5.74, 6) is -0.486. The summed E-state index contributed by atoms with van der Waals surface area (Å²) in [5, 5.41) is 5.51. The van der Waals surface area contributed by atoms with E-state index in [0.717, 1.165) is 33.8 Å². The molecule has 2 aromatic rings. The highest BCUT2D eigenvalue weighted by Gasteiger charge is 2.51. The molecule has 3 rings (SSSR count). The van der Waals surface area contributed by atoms with Gasteiger partial charge in [-0.25, -0.2) is 4.98 Å². The van der Waals surface area contributed by atoms with Gasteiger partial charge in [0.2, 0.25) is 11.8 Å². The summed E-state index contributed by atoms with van der Waals surface area (Å²) < 4.78 is 1.15. The molecule has 2 unspecified atom stereocenters. The van der Waals surface area contributed by atoms with E-state index >= 15 is 0 Å². The van der Waals surface area contributed by atoms with Gasteiger partial charge in [-0.1, -0.05) is 36.7 Å². The molecule has 0 radical (unpaired) electrons. The van der Waals surface area contributed by atoms with E-state index in [2.05, 4.69) is 15.6 Å². The second kappa shape index (κ2) is 7.11. The van der Waals surface area contributed by atoms with Crippen LogP contribution in [-0.4, -0.2) is 35.6 Å². The third-order valence-electron chi connectivity index (χ3n) is 4.57. The van der Waals surface area contributed by atoms with Crippen molar-refractivity contribution in [3.63, 3.8) is 0 Å². The van der Waals surface area contributed by atoms with E-state index in [0.29, 0.717) is 6.42 Å². The Morgan fingerprint density at radius 3 is 2.75 bits per heavy atom. The van der Waals surface area contributed by atoms with Gasteiger partial charge in [0.25, 0.3) is 0 Å². The van der Waals surface area contributed by atoms with Gasteiger partial charge in [-0.3, -0.25) is 9.59 Å². The number of fused-ring (bicyclic) bond motifs is 1. The van der Waals surface area contributed by atoms with Gasteiger partial charge in [0.05, 0.1) is 16.1 Å². The second-order valence-electron chi connectivity index (χ2n) is 5.93. The first kappa shape index (κ1) is 17.2. The van der Waals surface area contributed by atoms with Crippen molar-refractivity contribution in [3.8, 4) is 0 Å². The Hall–Kier alpha value is -1.60. The number of hydrogen-bond donors (Lipinski definition) is 2. The summed E-state index contributed by atoms with van der Waals surface area (Å²) in [6, 6.07) is 7.94. The van der Waals surface area contributed by atoms with Crippen LogP contribution >= 0.6 is 23.1 Å². The van der Waals surface area contributed by atoms with Crippen molar-refractivity contribution >= 4 is 45.1 Å². The van der Waals surface area contributed by atoms with E-state index in [1.807, 2.05) is 24.3 Å². The van der Waals surface area contributed by atoms with Gasteiger partial charge >= 0.3 is 0 Å². The van der Waals surface area contributed by atoms with Crippen LogP contribution in [0.15, 0.2) is 28.6 Å². The van der Waals surface area contributed by atoms with E-state index in [4.69, 9.17) is 0 Å². The molecule has 1 heterocycles. The number of thiazole rings is 1. The minimum atomic E-state index is -0.791. The Morgan fingerprint density at radius 1 is 1.25 bits per heavy atom. The van der Waals surface area contributed by atoms with Gasteiger partial charge in [0, 0.05) is 14.1 Å². The van der Waals surface area contributed by atoms with Crippen LogP contribution in [-0.2, 0) is 9.59 Å². The van der Waals surface area contributed by atoms with Gasteiger partial charge < -0.3 is 10.6 Å². The predicted molar refractivity (Wildman–Crippen MR) is 98.3 cm³/mol. The number of para-hydroxylation sites is 1. The maximum Gasteiger partial charge on any atom is 0.237 e. The monoisotopic (exact) mass is 363 g/mol. The summed E-state index contributed by atoms with van der Waals surface area (Å²) in [7, 11) is 3.27. The van der Waals surface area contributed by atoms with Crippen LogP contribution < -0.4 is 10.6 Å². The first-order chi connectivity index (χ1) is 11.6. The van der Waals surface area contributed by atoms with E-state index in [1.54, 1.807) is 25.4 Å². The molecule has 0 aliphatic heterocycles. The molecule has 1 aromatic heterocycles. The van der Waals surface area contributed by atoms with Crippen LogP contribution in [0.3, 0.4) is 0 Å². The number of carbonyl (C=O) groups is 2. The molecule has 5 nitrogen and oxygen atoms in total. The van der Waals surface area contributed by atoms with Crippen molar-refractivity contribution in [2.24, 2.45) is 5.92 Å². The molecule has 1 aliphatic rings. The van der Waals surface area contributed by atoms with E-state index in [9.17, 15) is 9.59 Å². The van der Waals surface area contributed by atoms with E-state index < -0.39 is 4.75 Å². The lowest BCUT2D eigenvalue weighted by Gasteiger charge is -2.40. The molecule has 0 bridgehead atoms. The molecule has 128 valence electrons. The molecule has 0 spiro atoms. The highest BCUT2D eigenvalue weighted by atomic mass is 32.2. The fourth-order valence-electron chi connectivity index (χ4n) is 3.36. The van der Waals surface area contributed by atoms with Crippen LogP contribution in [0.5, 0.6) is 0 Å². The largest absolute Gasteiger partial charge is 0.359 e. The van der Waals surface area contributed by atoms with Crippen LogP contribution in [0.2, 0.25) is 0 Å². The number of carbonyl (C=O) groups excluding carboxylic acids is 2. The second-order valence-corrected chi connectivity index (χ2v) is 8.54. The molecule has 1 fully saturated rings. The number of nitrogens with zero attached hydrogens (tertiary/aromatic N) is 1. The minimum absolute atomic E-state index is 0.0630. The van der Waals surface area contributed by atoms with Crippen LogP contribution in [0.1, 0.15) is 25.7 Å². The summed E-state index contributed by atoms with van der Waals surface area (Å²) in [5.41, 5.74) is 0.935. The first-order valence-corrected chi connectivity index (χ1v) is 9.72. The highest BCUT2D eigenvalue weighted by molar-refractivity contribution is 8.03. The normalized spacial score (nSPS) is 23.8. The zero-order valence-corrected chi connectivity index (χ0v) is 15.4. The lowest BCUT2D eigenvalue weighted by Crippen LogP contribution is -2.54. The summed E-state index contributed by atoms with van der Waals surface area (Å²) in [4.78, 5) is 29.9. The number of benzene rings is 1. The van der Waals surface area contributed by atoms with Crippen molar-refractivity contribution < 1.29 is 9.59 Å². The van der Waals surface area contributed by atoms with Crippen LogP contribution in [0.4, 0.5) is 0 Å². The zero-order valence-electron chi connectivity index (χ0n) is 13.8.